The predicted molar refractivity (Wildman–Crippen MR) is 114 cm³/mol. The molecule has 5 nitrogen and oxygen atoms in total. The molecule has 1 aromatic heterocycles. The van der Waals surface area contributed by atoms with Crippen LogP contribution in [0.2, 0.25) is 0 Å². The third-order valence-electron chi connectivity index (χ3n) is 4.85. The lowest BCUT2D eigenvalue weighted by Gasteiger charge is -2.46. The molecular formula is C21H30FN3O2S. The lowest BCUT2D eigenvalue weighted by molar-refractivity contribution is 0.0928. The Bertz CT molecular complexity index is 811. The van der Waals surface area contributed by atoms with Crippen molar-refractivity contribution in [1.82, 2.24) is 15.3 Å². The highest BCUT2D eigenvalue weighted by molar-refractivity contribution is 8.30. The van der Waals surface area contributed by atoms with Crippen LogP contribution in [0.25, 0.3) is 11.4 Å². The fourth-order valence-electron chi connectivity index (χ4n) is 2.66. The standard InChI is InChI=1S/C21H30FN3O2S/c1-7-28(6,21(3,4)5)27-14-15(2)25-20(26)16-10-8-11-17(22)18(16)19-23-12-9-13-24-19/h8-13,15H,7,14H2,1-6H3,(H,25,26)/t15-/m0/s1. The van der Waals surface area contributed by atoms with E-state index in [1.165, 1.54) is 24.5 Å². The summed E-state index contributed by atoms with van der Waals surface area (Å²) in [5.74, 6) is 0.224. The molecule has 0 bridgehead atoms. The topological polar surface area (TPSA) is 64.1 Å². The van der Waals surface area contributed by atoms with Crippen LogP contribution in [-0.4, -0.2) is 45.3 Å². The first-order valence-electron chi connectivity index (χ1n) is 9.36. The van der Waals surface area contributed by atoms with Gasteiger partial charge < -0.3 is 9.50 Å². The van der Waals surface area contributed by atoms with Crippen molar-refractivity contribution in [3.8, 4) is 11.4 Å². The van der Waals surface area contributed by atoms with Crippen LogP contribution in [-0.2, 0) is 4.18 Å². The molecule has 1 amide bonds. The smallest absolute Gasteiger partial charge is 0.252 e. The van der Waals surface area contributed by atoms with Gasteiger partial charge in [0.05, 0.1) is 23.8 Å². The first-order chi connectivity index (χ1) is 13.1. The van der Waals surface area contributed by atoms with Gasteiger partial charge in [0, 0.05) is 17.1 Å². The molecule has 154 valence electrons. The van der Waals surface area contributed by atoms with Gasteiger partial charge in [-0.2, -0.15) is 0 Å². The third kappa shape index (κ3) is 5.08. The van der Waals surface area contributed by atoms with Crippen LogP contribution < -0.4 is 5.32 Å². The van der Waals surface area contributed by atoms with E-state index in [1.807, 2.05) is 6.92 Å². The number of hydrogen-bond acceptors (Lipinski definition) is 4. The number of amides is 1. The van der Waals surface area contributed by atoms with Gasteiger partial charge in [0.2, 0.25) is 0 Å². The van der Waals surface area contributed by atoms with E-state index >= 15 is 0 Å². The second-order valence-corrected chi connectivity index (χ2v) is 11.8. The summed E-state index contributed by atoms with van der Waals surface area (Å²) in [6.45, 7) is 10.9. The number of nitrogens with one attached hydrogen (secondary N) is 1. The van der Waals surface area contributed by atoms with Gasteiger partial charge in [-0.1, -0.05) is 33.8 Å². The van der Waals surface area contributed by atoms with Crippen molar-refractivity contribution in [2.24, 2.45) is 0 Å². The predicted octanol–water partition coefficient (Wildman–Crippen LogP) is 4.59. The molecule has 1 N–H and O–H groups in total. The summed E-state index contributed by atoms with van der Waals surface area (Å²) in [5.41, 5.74) is 0.312. The molecule has 0 aliphatic carbocycles. The molecule has 0 radical (unpaired) electrons. The zero-order valence-corrected chi connectivity index (χ0v) is 18.3. The molecule has 0 aliphatic heterocycles. The Morgan fingerprint density at radius 3 is 2.46 bits per heavy atom. The maximum Gasteiger partial charge on any atom is 0.252 e. The second-order valence-electron chi connectivity index (χ2n) is 7.80. The third-order valence-corrected chi connectivity index (χ3v) is 9.20. The van der Waals surface area contributed by atoms with Crippen molar-refractivity contribution >= 4 is 16.2 Å². The number of halogens is 1. The van der Waals surface area contributed by atoms with Gasteiger partial charge in [0.25, 0.3) is 5.91 Å². The highest BCUT2D eigenvalue weighted by atomic mass is 32.3. The summed E-state index contributed by atoms with van der Waals surface area (Å²) in [6, 6.07) is 5.81. The van der Waals surface area contributed by atoms with Crippen LogP contribution in [0.15, 0.2) is 36.7 Å². The summed E-state index contributed by atoms with van der Waals surface area (Å²) < 4.78 is 20.7. The Morgan fingerprint density at radius 1 is 1.25 bits per heavy atom. The molecule has 2 rings (SSSR count). The number of hydrogen-bond donors (Lipinski definition) is 1. The van der Waals surface area contributed by atoms with Crippen LogP contribution in [0.4, 0.5) is 4.39 Å². The zero-order chi connectivity index (χ0) is 20.9. The Hall–Kier alpha value is -1.99. The molecule has 1 unspecified atom stereocenters. The highest BCUT2D eigenvalue weighted by Crippen LogP contribution is 2.56. The number of rotatable bonds is 7. The molecule has 0 fully saturated rings. The van der Waals surface area contributed by atoms with Crippen LogP contribution in [0.3, 0.4) is 0 Å². The van der Waals surface area contributed by atoms with Gasteiger partial charge in [-0.05, 0) is 37.1 Å². The molecule has 0 saturated heterocycles. The average molecular weight is 408 g/mol. The van der Waals surface area contributed by atoms with Crippen LogP contribution >= 0.6 is 10.3 Å². The molecule has 0 spiro atoms. The highest BCUT2D eigenvalue weighted by Gasteiger charge is 2.32. The second kappa shape index (κ2) is 9.01. The first-order valence-corrected chi connectivity index (χ1v) is 11.5. The van der Waals surface area contributed by atoms with E-state index in [9.17, 15) is 9.18 Å². The molecule has 1 aromatic carbocycles. The molecule has 1 heterocycles. The van der Waals surface area contributed by atoms with E-state index in [0.29, 0.717) is 6.61 Å². The van der Waals surface area contributed by atoms with Crippen molar-refractivity contribution in [1.29, 1.82) is 0 Å². The number of carbonyl (C=O) groups is 1. The average Bonchev–Trinajstić information content (AvgIpc) is 2.65. The minimum Gasteiger partial charge on any atom is -0.347 e. The summed E-state index contributed by atoms with van der Waals surface area (Å²) in [5, 5.41) is 2.91. The van der Waals surface area contributed by atoms with Gasteiger partial charge in [-0.25, -0.2) is 14.4 Å². The van der Waals surface area contributed by atoms with Gasteiger partial charge in [-0.15, -0.1) is 10.3 Å². The zero-order valence-electron chi connectivity index (χ0n) is 17.5. The van der Waals surface area contributed by atoms with Crippen molar-refractivity contribution in [3.05, 3.63) is 48.0 Å². The summed E-state index contributed by atoms with van der Waals surface area (Å²) >= 11 is 0. The Balaban J connectivity index is 2.15. The molecule has 2 aromatic rings. The van der Waals surface area contributed by atoms with Crippen LogP contribution in [0.1, 0.15) is 45.0 Å². The normalized spacial score (nSPS) is 16.1. The number of nitrogens with zero attached hydrogens (tertiary/aromatic N) is 2. The first kappa shape index (κ1) is 22.3. The van der Waals surface area contributed by atoms with Gasteiger partial charge in [0.1, 0.15) is 5.82 Å². The molecule has 2 atom stereocenters. The summed E-state index contributed by atoms with van der Waals surface area (Å²) in [6.07, 6.45) is 5.21. The Labute approximate surface area is 168 Å². The molecule has 7 heteroatoms. The van der Waals surface area contributed by atoms with E-state index < -0.39 is 16.1 Å². The number of aromatic nitrogens is 2. The van der Waals surface area contributed by atoms with E-state index in [-0.39, 0.29) is 33.6 Å². The number of benzene rings is 1. The molecule has 0 aliphatic rings. The lowest BCUT2D eigenvalue weighted by atomic mass is 10.0. The van der Waals surface area contributed by atoms with E-state index in [1.54, 1.807) is 12.1 Å². The fourth-order valence-corrected chi connectivity index (χ4v) is 4.55. The summed E-state index contributed by atoms with van der Waals surface area (Å²) in [7, 11) is -1.28. The maximum absolute atomic E-state index is 14.4. The van der Waals surface area contributed by atoms with Gasteiger partial charge >= 0.3 is 0 Å². The fraction of sp³-hybridized carbons (Fsp3) is 0.476. The minimum atomic E-state index is -1.28. The van der Waals surface area contributed by atoms with E-state index in [0.717, 1.165) is 5.75 Å². The van der Waals surface area contributed by atoms with Crippen molar-refractivity contribution in [2.75, 3.05) is 18.6 Å². The van der Waals surface area contributed by atoms with Crippen LogP contribution in [0.5, 0.6) is 0 Å². The van der Waals surface area contributed by atoms with Gasteiger partial charge in [0.15, 0.2) is 5.82 Å². The van der Waals surface area contributed by atoms with Crippen molar-refractivity contribution in [3.63, 3.8) is 0 Å². The number of carbonyl (C=O) groups excluding carboxylic acids is 1. The lowest BCUT2D eigenvalue weighted by Crippen LogP contribution is -2.38. The van der Waals surface area contributed by atoms with E-state index in [2.05, 4.69) is 49.2 Å². The van der Waals surface area contributed by atoms with Crippen molar-refractivity contribution < 1.29 is 13.4 Å². The van der Waals surface area contributed by atoms with E-state index in [4.69, 9.17) is 4.18 Å². The molecule has 28 heavy (non-hydrogen) atoms. The maximum atomic E-state index is 14.4. The van der Waals surface area contributed by atoms with Crippen LogP contribution in [0, 0.1) is 5.82 Å². The van der Waals surface area contributed by atoms with Crippen molar-refractivity contribution in [2.45, 2.75) is 45.4 Å². The van der Waals surface area contributed by atoms with Gasteiger partial charge in [-0.3, -0.25) is 4.79 Å². The molecular weight excluding hydrogens is 377 g/mol. The Morgan fingerprint density at radius 2 is 1.89 bits per heavy atom. The largest absolute Gasteiger partial charge is 0.347 e. The summed E-state index contributed by atoms with van der Waals surface area (Å²) in [4.78, 5) is 21.0. The minimum absolute atomic E-state index is 0.0475. The Kier molecular flexibility index (Phi) is 7.17. The monoisotopic (exact) mass is 407 g/mol. The SMILES string of the molecule is CCS(C)(OC[C@H](C)NC(=O)c1cccc(F)c1-c1ncccn1)C(C)(C)C. The molecule has 0 saturated carbocycles. The quantitative estimate of drug-likeness (QED) is 0.729.